The van der Waals surface area contributed by atoms with E-state index in [1.165, 1.54) is 12.1 Å². The highest BCUT2D eigenvalue weighted by atomic mass is 16.6. The van der Waals surface area contributed by atoms with E-state index in [0.717, 1.165) is 6.21 Å². The lowest BCUT2D eigenvalue weighted by Gasteiger charge is -2.24. The van der Waals surface area contributed by atoms with E-state index in [0.29, 0.717) is 11.5 Å². The van der Waals surface area contributed by atoms with Crippen LogP contribution in [0.1, 0.15) is 5.56 Å². The molecule has 0 aliphatic carbocycles. The van der Waals surface area contributed by atoms with E-state index in [1.54, 1.807) is 24.3 Å². The Morgan fingerprint density at radius 3 is 2.67 bits per heavy atom. The Hall–Kier alpha value is -3.42. The van der Waals surface area contributed by atoms with E-state index in [-0.39, 0.29) is 12.2 Å². The van der Waals surface area contributed by atoms with Crippen LogP contribution >= 0.6 is 0 Å². The van der Waals surface area contributed by atoms with Crippen LogP contribution in [0.3, 0.4) is 0 Å². The fourth-order valence-electron chi connectivity index (χ4n) is 2.07. The van der Waals surface area contributed by atoms with E-state index in [9.17, 15) is 20.1 Å². The van der Waals surface area contributed by atoms with Crippen molar-refractivity contribution in [3.8, 4) is 28.7 Å². The zero-order valence-electron chi connectivity index (χ0n) is 12.3. The number of nitrogens with one attached hydrogen (secondary N) is 1. The number of hydrazone groups is 1. The zero-order chi connectivity index (χ0) is 17.1. The van der Waals surface area contributed by atoms with Gasteiger partial charge in [0.1, 0.15) is 6.61 Å². The van der Waals surface area contributed by atoms with Crippen molar-refractivity contribution in [2.24, 2.45) is 5.10 Å². The molecule has 0 bridgehead atoms. The van der Waals surface area contributed by atoms with Gasteiger partial charge in [0, 0.05) is 5.56 Å². The maximum atomic E-state index is 12.0. The molecule has 1 heterocycles. The van der Waals surface area contributed by atoms with Gasteiger partial charge in [0.15, 0.2) is 23.0 Å². The lowest BCUT2D eigenvalue weighted by atomic mass is 10.2. The molecule has 24 heavy (non-hydrogen) atoms. The van der Waals surface area contributed by atoms with Crippen molar-refractivity contribution in [1.29, 1.82) is 0 Å². The predicted octanol–water partition coefficient (Wildman–Crippen LogP) is 1.09. The number of fused-ring (bicyclic) bond motifs is 1. The molecule has 8 heteroatoms. The highest BCUT2D eigenvalue weighted by Gasteiger charge is 2.27. The Balaban J connectivity index is 1.63. The molecule has 124 valence electrons. The van der Waals surface area contributed by atoms with Crippen LogP contribution < -0.4 is 14.9 Å². The van der Waals surface area contributed by atoms with Crippen LogP contribution in [0.2, 0.25) is 0 Å². The average molecular weight is 330 g/mol. The maximum Gasteiger partial charge on any atom is 0.284 e. The highest BCUT2D eigenvalue weighted by Crippen LogP contribution is 2.36. The number of nitrogens with zero attached hydrogens (tertiary/aromatic N) is 1. The van der Waals surface area contributed by atoms with Crippen molar-refractivity contribution in [3.05, 3.63) is 42.0 Å². The second-order valence-electron chi connectivity index (χ2n) is 4.97. The van der Waals surface area contributed by atoms with Gasteiger partial charge in [0.25, 0.3) is 5.91 Å². The molecule has 8 nitrogen and oxygen atoms in total. The summed E-state index contributed by atoms with van der Waals surface area (Å²) >= 11 is 0. The van der Waals surface area contributed by atoms with Gasteiger partial charge in [0.05, 0.1) is 6.21 Å². The normalized spacial score (nSPS) is 16.1. The third-order valence-corrected chi connectivity index (χ3v) is 3.34. The minimum absolute atomic E-state index is 0.0453. The first-order valence-electron chi connectivity index (χ1n) is 7.01. The lowest BCUT2D eigenvalue weighted by molar-refractivity contribution is -0.130. The van der Waals surface area contributed by atoms with Gasteiger partial charge in [-0.05, 0) is 24.3 Å². The SMILES string of the molecule is O=C(N/N=C/c1ccc(O)c(O)c1O)[C@@H]1COc2ccccc2O1. The number of para-hydroxylation sites is 2. The van der Waals surface area contributed by atoms with E-state index in [4.69, 9.17) is 9.47 Å². The molecular weight excluding hydrogens is 316 g/mol. The topological polar surface area (TPSA) is 121 Å². The fraction of sp³-hybridized carbons (Fsp3) is 0.125. The summed E-state index contributed by atoms with van der Waals surface area (Å²) in [7, 11) is 0. The van der Waals surface area contributed by atoms with Crippen molar-refractivity contribution < 1.29 is 29.6 Å². The van der Waals surface area contributed by atoms with Crippen molar-refractivity contribution in [2.75, 3.05) is 6.61 Å². The molecule has 0 saturated heterocycles. The van der Waals surface area contributed by atoms with E-state index >= 15 is 0 Å². The summed E-state index contributed by atoms with van der Waals surface area (Å²) in [5.74, 6) is -1.16. The summed E-state index contributed by atoms with van der Waals surface area (Å²) in [5.41, 5.74) is 2.39. The smallest absolute Gasteiger partial charge is 0.284 e. The molecule has 0 unspecified atom stereocenters. The third kappa shape index (κ3) is 3.02. The van der Waals surface area contributed by atoms with Gasteiger partial charge in [-0.3, -0.25) is 4.79 Å². The first kappa shape index (κ1) is 15.5. The summed E-state index contributed by atoms with van der Waals surface area (Å²) in [6.07, 6.45) is 0.267. The molecule has 0 radical (unpaired) electrons. The Labute approximate surface area is 136 Å². The fourth-order valence-corrected chi connectivity index (χ4v) is 2.07. The summed E-state index contributed by atoms with van der Waals surface area (Å²) in [6.45, 7) is 0.0453. The van der Waals surface area contributed by atoms with Gasteiger partial charge in [0.2, 0.25) is 11.9 Å². The minimum Gasteiger partial charge on any atom is -0.504 e. The van der Waals surface area contributed by atoms with Crippen LogP contribution in [-0.4, -0.2) is 40.2 Å². The lowest BCUT2D eigenvalue weighted by Crippen LogP contribution is -2.42. The molecule has 0 spiro atoms. The molecule has 1 aliphatic heterocycles. The van der Waals surface area contributed by atoms with Crippen molar-refractivity contribution >= 4 is 12.1 Å². The van der Waals surface area contributed by atoms with Crippen LogP contribution in [0, 0.1) is 0 Å². The van der Waals surface area contributed by atoms with Gasteiger partial charge in [-0.2, -0.15) is 5.10 Å². The van der Waals surface area contributed by atoms with Crippen LogP contribution in [0.15, 0.2) is 41.5 Å². The van der Waals surface area contributed by atoms with Gasteiger partial charge in [-0.1, -0.05) is 12.1 Å². The predicted molar refractivity (Wildman–Crippen MR) is 83.5 cm³/mol. The summed E-state index contributed by atoms with van der Waals surface area (Å²) in [5, 5.41) is 32.0. The Morgan fingerprint density at radius 1 is 1.12 bits per heavy atom. The molecule has 2 aromatic rings. The molecule has 0 fully saturated rings. The standard InChI is InChI=1S/C16H14N2O6/c19-10-6-5-9(14(20)15(10)21)7-17-18-16(22)13-8-23-11-3-1-2-4-12(11)24-13/h1-7,13,19-21H,8H2,(H,18,22)/b17-7+/t13-/m0/s1. The Bertz CT molecular complexity index is 805. The molecule has 0 aromatic heterocycles. The maximum absolute atomic E-state index is 12.0. The number of ether oxygens (including phenoxy) is 2. The van der Waals surface area contributed by atoms with Crippen molar-refractivity contribution in [3.63, 3.8) is 0 Å². The van der Waals surface area contributed by atoms with Crippen molar-refractivity contribution in [2.45, 2.75) is 6.10 Å². The van der Waals surface area contributed by atoms with Crippen LogP contribution in [0.25, 0.3) is 0 Å². The molecule has 3 rings (SSSR count). The second kappa shape index (κ2) is 6.37. The van der Waals surface area contributed by atoms with Gasteiger partial charge >= 0.3 is 0 Å². The first-order chi connectivity index (χ1) is 11.6. The summed E-state index contributed by atoms with van der Waals surface area (Å²) in [6, 6.07) is 9.51. The molecular formula is C16H14N2O6. The number of rotatable bonds is 3. The number of carbonyl (C=O) groups is 1. The first-order valence-corrected chi connectivity index (χ1v) is 7.01. The number of amides is 1. The molecule has 1 atom stereocenters. The molecule has 1 amide bonds. The monoisotopic (exact) mass is 330 g/mol. The van der Waals surface area contributed by atoms with E-state index in [1.807, 2.05) is 0 Å². The average Bonchev–Trinajstić information content (AvgIpc) is 2.61. The number of hydrogen-bond acceptors (Lipinski definition) is 7. The van der Waals surface area contributed by atoms with Gasteiger partial charge in [-0.15, -0.1) is 0 Å². The number of carbonyl (C=O) groups excluding carboxylic acids is 1. The third-order valence-electron chi connectivity index (χ3n) is 3.34. The Kier molecular flexibility index (Phi) is 4.11. The highest BCUT2D eigenvalue weighted by molar-refractivity contribution is 5.88. The molecule has 4 N–H and O–H groups in total. The largest absolute Gasteiger partial charge is 0.504 e. The number of hydrogen-bond donors (Lipinski definition) is 4. The zero-order valence-corrected chi connectivity index (χ0v) is 12.3. The van der Waals surface area contributed by atoms with Gasteiger partial charge in [-0.25, -0.2) is 5.43 Å². The number of benzene rings is 2. The molecule has 2 aromatic carbocycles. The molecule has 1 aliphatic rings. The van der Waals surface area contributed by atoms with Crippen molar-refractivity contribution in [1.82, 2.24) is 5.43 Å². The second-order valence-corrected chi connectivity index (χ2v) is 4.97. The van der Waals surface area contributed by atoms with Crippen LogP contribution in [0.4, 0.5) is 0 Å². The number of aromatic hydroxyl groups is 3. The van der Waals surface area contributed by atoms with E-state index < -0.39 is 29.3 Å². The Morgan fingerprint density at radius 2 is 1.88 bits per heavy atom. The van der Waals surface area contributed by atoms with Crippen LogP contribution in [-0.2, 0) is 4.79 Å². The molecule has 0 saturated carbocycles. The number of phenols is 3. The minimum atomic E-state index is -0.862. The number of phenolic OH excluding ortho intramolecular Hbond substituents is 3. The summed E-state index contributed by atoms with van der Waals surface area (Å²) in [4.78, 5) is 12.0. The van der Waals surface area contributed by atoms with Gasteiger partial charge < -0.3 is 24.8 Å². The van der Waals surface area contributed by atoms with E-state index in [2.05, 4.69) is 10.5 Å². The summed E-state index contributed by atoms with van der Waals surface area (Å²) < 4.78 is 11.0. The quantitative estimate of drug-likeness (QED) is 0.380. The van der Waals surface area contributed by atoms with Crippen LogP contribution in [0.5, 0.6) is 28.7 Å².